The lowest BCUT2D eigenvalue weighted by molar-refractivity contribution is 0.174. The quantitative estimate of drug-likeness (QED) is 0.295. The van der Waals surface area contributed by atoms with Crippen LogP contribution in [0.4, 0.5) is 4.39 Å². The summed E-state index contributed by atoms with van der Waals surface area (Å²) >= 11 is 0. The molecule has 158 valence electrons. The van der Waals surface area contributed by atoms with E-state index in [1.165, 1.54) is 12.1 Å². The second kappa shape index (κ2) is 10.3. The van der Waals surface area contributed by atoms with Gasteiger partial charge >= 0.3 is 0 Å². The van der Waals surface area contributed by atoms with Crippen molar-refractivity contribution in [2.24, 2.45) is 4.99 Å². The number of hydrogen-bond acceptors (Lipinski definition) is 4. The Kier molecular flexibility index (Phi) is 7.50. The predicted molar refractivity (Wildman–Crippen MR) is 123 cm³/mol. The van der Waals surface area contributed by atoms with Gasteiger partial charge in [0.2, 0.25) is 6.79 Å². The van der Waals surface area contributed by atoms with Gasteiger partial charge in [-0.25, -0.2) is 9.07 Å². The highest BCUT2D eigenvalue weighted by Gasteiger charge is 2.13. The van der Waals surface area contributed by atoms with Crippen LogP contribution in [0.25, 0.3) is 5.69 Å². The number of rotatable bonds is 6. The maximum absolute atomic E-state index is 13.0. The van der Waals surface area contributed by atoms with Crippen LogP contribution >= 0.6 is 24.0 Å². The highest BCUT2D eigenvalue weighted by Crippen LogP contribution is 2.32. The summed E-state index contributed by atoms with van der Waals surface area (Å²) in [6.07, 6.45) is 2.61. The second-order valence-corrected chi connectivity index (χ2v) is 6.52. The fraction of sp³-hybridized carbons (Fsp3) is 0.238. The van der Waals surface area contributed by atoms with Crippen molar-refractivity contribution in [2.75, 3.05) is 20.4 Å². The smallest absolute Gasteiger partial charge is 0.231 e. The van der Waals surface area contributed by atoms with Crippen molar-refractivity contribution in [3.05, 3.63) is 71.8 Å². The number of aromatic nitrogens is 2. The molecule has 0 aliphatic carbocycles. The molecule has 1 aromatic heterocycles. The zero-order valence-electron chi connectivity index (χ0n) is 16.5. The molecule has 0 amide bonds. The second-order valence-electron chi connectivity index (χ2n) is 6.52. The number of halogens is 2. The van der Waals surface area contributed by atoms with Crippen LogP contribution in [0.3, 0.4) is 0 Å². The first-order valence-electron chi connectivity index (χ1n) is 9.35. The van der Waals surface area contributed by atoms with Gasteiger partial charge in [-0.3, -0.25) is 4.99 Å². The first-order valence-corrected chi connectivity index (χ1v) is 9.35. The summed E-state index contributed by atoms with van der Waals surface area (Å²) in [5.41, 5.74) is 2.84. The minimum absolute atomic E-state index is 0. The molecule has 2 N–H and O–H groups in total. The van der Waals surface area contributed by atoms with Gasteiger partial charge in [0.05, 0.1) is 11.4 Å². The number of nitrogens with one attached hydrogen (secondary N) is 2. The van der Waals surface area contributed by atoms with E-state index < -0.39 is 0 Å². The van der Waals surface area contributed by atoms with E-state index in [1.54, 1.807) is 23.9 Å². The summed E-state index contributed by atoms with van der Waals surface area (Å²) in [5, 5.41) is 11.1. The van der Waals surface area contributed by atoms with E-state index in [-0.39, 0.29) is 36.6 Å². The van der Waals surface area contributed by atoms with Crippen molar-refractivity contribution in [1.29, 1.82) is 0 Å². The van der Waals surface area contributed by atoms with Crippen molar-refractivity contribution in [3.8, 4) is 17.2 Å². The van der Waals surface area contributed by atoms with Gasteiger partial charge in [0.25, 0.3) is 0 Å². The van der Waals surface area contributed by atoms with Crippen LogP contribution in [0.15, 0.2) is 59.7 Å². The third-order valence-electron chi connectivity index (χ3n) is 4.53. The van der Waals surface area contributed by atoms with Crippen LogP contribution in [-0.4, -0.2) is 36.1 Å². The standard InChI is InChI=1S/C21H22FN5O2.HI/c1-23-21(25-13-15-2-7-19-20(12-15)29-14-28-19)24-10-8-17-9-11-27(26-17)18-5-3-16(22)4-6-18;/h2-7,9,11-12H,8,10,13-14H2,1H3,(H2,23,24,25);1H. The summed E-state index contributed by atoms with van der Waals surface area (Å²) in [4.78, 5) is 4.25. The number of aliphatic imine (C=N–C) groups is 1. The Hall–Kier alpha value is -2.82. The van der Waals surface area contributed by atoms with E-state index >= 15 is 0 Å². The van der Waals surface area contributed by atoms with Crippen molar-refractivity contribution in [2.45, 2.75) is 13.0 Å². The first-order chi connectivity index (χ1) is 14.2. The van der Waals surface area contributed by atoms with Gasteiger partial charge in [-0.05, 0) is 48.0 Å². The van der Waals surface area contributed by atoms with Crippen molar-refractivity contribution in [1.82, 2.24) is 20.4 Å². The number of guanidine groups is 1. The van der Waals surface area contributed by atoms with E-state index in [1.807, 2.05) is 30.5 Å². The molecule has 9 heteroatoms. The van der Waals surface area contributed by atoms with Gasteiger partial charge in [0.15, 0.2) is 17.5 Å². The van der Waals surface area contributed by atoms with E-state index in [9.17, 15) is 4.39 Å². The van der Waals surface area contributed by atoms with E-state index in [0.717, 1.165) is 34.9 Å². The minimum Gasteiger partial charge on any atom is -0.454 e. The van der Waals surface area contributed by atoms with Gasteiger partial charge in [-0.1, -0.05) is 6.07 Å². The zero-order valence-corrected chi connectivity index (χ0v) is 18.8. The molecule has 0 saturated carbocycles. The lowest BCUT2D eigenvalue weighted by atomic mass is 10.2. The molecule has 1 aliphatic rings. The molecule has 0 atom stereocenters. The zero-order chi connectivity index (χ0) is 20.1. The molecule has 30 heavy (non-hydrogen) atoms. The Morgan fingerprint density at radius 1 is 1.10 bits per heavy atom. The molecule has 0 radical (unpaired) electrons. The Bertz CT molecular complexity index is 1010. The molecule has 2 aromatic carbocycles. The van der Waals surface area contributed by atoms with E-state index in [0.29, 0.717) is 19.0 Å². The number of hydrogen-bond donors (Lipinski definition) is 2. The third kappa shape index (κ3) is 5.41. The Balaban J connectivity index is 0.00000256. The summed E-state index contributed by atoms with van der Waals surface area (Å²) < 4.78 is 25.5. The fourth-order valence-corrected chi connectivity index (χ4v) is 3.00. The summed E-state index contributed by atoms with van der Waals surface area (Å²) in [7, 11) is 1.73. The Morgan fingerprint density at radius 2 is 1.90 bits per heavy atom. The monoisotopic (exact) mass is 523 g/mol. The molecule has 0 bridgehead atoms. The topological polar surface area (TPSA) is 72.7 Å². The molecule has 3 aromatic rings. The van der Waals surface area contributed by atoms with Crippen molar-refractivity contribution >= 4 is 29.9 Å². The minimum atomic E-state index is -0.259. The average molecular weight is 523 g/mol. The number of fused-ring (bicyclic) bond motifs is 1. The Labute approximate surface area is 191 Å². The predicted octanol–water partition coefficient (Wildman–Crippen LogP) is 3.27. The van der Waals surface area contributed by atoms with Gasteiger partial charge in [-0.2, -0.15) is 5.10 Å². The highest BCUT2D eigenvalue weighted by molar-refractivity contribution is 14.0. The van der Waals surface area contributed by atoms with Gasteiger partial charge in [-0.15, -0.1) is 24.0 Å². The number of ether oxygens (including phenoxy) is 2. The van der Waals surface area contributed by atoms with Crippen molar-refractivity contribution in [3.63, 3.8) is 0 Å². The van der Waals surface area contributed by atoms with E-state index in [4.69, 9.17) is 9.47 Å². The SMILES string of the molecule is CN=C(NCCc1ccn(-c2ccc(F)cc2)n1)NCc1ccc2c(c1)OCO2.I. The molecule has 7 nitrogen and oxygen atoms in total. The summed E-state index contributed by atoms with van der Waals surface area (Å²) in [5.74, 6) is 1.99. The molecule has 0 fully saturated rings. The van der Waals surface area contributed by atoms with Crippen LogP contribution in [0, 0.1) is 5.82 Å². The fourth-order valence-electron chi connectivity index (χ4n) is 3.00. The average Bonchev–Trinajstić information content (AvgIpc) is 3.40. The van der Waals surface area contributed by atoms with Gasteiger partial charge in [0.1, 0.15) is 5.82 Å². The van der Waals surface area contributed by atoms with Crippen LogP contribution in [0.2, 0.25) is 0 Å². The molecule has 0 unspecified atom stereocenters. The van der Waals surface area contributed by atoms with Crippen LogP contribution < -0.4 is 20.1 Å². The molecule has 1 aliphatic heterocycles. The normalized spacial score (nSPS) is 12.4. The maximum atomic E-state index is 13.0. The molecule has 0 saturated heterocycles. The highest BCUT2D eigenvalue weighted by atomic mass is 127. The van der Waals surface area contributed by atoms with Crippen molar-refractivity contribution < 1.29 is 13.9 Å². The van der Waals surface area contributed by atoms with Crippen LogP contribution in [0.1, 0.15) is 11.3 Å². The molecular weight excluding hydrogens is 500 g/mol. The molecule has 4 rings (SSSR count). The largest absolute Gasteiger partial charge is 0.454 e. The number of nitrogens with zero attached hydrogens (tertiary/aromatic N) is 3. The van der Waals surface area contributed by atoms with E-state index in [2.05, 4.69) is 20.7 Å². The summed E-state index contributed by atoms with van der Waals surface area (Å²) in [6.45, 7) is 1.57. The lowest BCUT2D eigenvalue weighted by Crippen LogP contribution is -2.37. The lowest BCUT2D eigenvalue weighted by Gasteiger charge is -2.11. The number of benzene rings is 2. The van der Waals surface area contributed by atoms with Gasteiger partial charge in [0, 0.05) is 32.8 Å². The molecular formula is C21H23FIN5O2. The molecule has 0 spiro atoms. The van der Waals surface area contributed by atoms with Crippen LogP contribution in [-0.2, 0) is 13.0 Å². The first kappa shape index (κ1) is 21.9. The van der Waals surface area contributed by atoms with Gasteiger partial charge < -0.3 is 20.1 Å². The van der Waals surface area contributed by atoms with Crippen LogP contribution in [0.5, 0.6) is 11.5 Å². The Morgan fingerprint density at radius 3 is 2.70 bits per heavy atom. The molecule has 2 heterocycles. The third-order valence-corrected chi connectivity index (χ3v) is 4.53. The maximum Gasteiger partial charge on any atom is 0.231 e. The summed E-state index contributed by atoms with van der Waals surface area (Å²) in [6, 6.07) is 14.1.